The molecular weight excluding hydrogens is 366 g/mol. The van der Waals surface area contributed by atoms with Crippen LogP contribution in [-0.2, 0) is 14.6 Å². The lowest BCUT2D eigenvalue weighted by Gasteiger charge is -2.34. The molecule has 8 nitrogen and oxygen atoms in total. The molecule has 1 saturated heterocycles. The van der Waals surface area contributed by atoms with Crippen molar-refractivity contribution >= 4 is 33.8 Å². The second-order valence-electron chi connectivity index (χ2n) is 5.87. The predicted molar refractivity (Wildman–Crippen MR) is 96.9 cm³/mol. The summed E-state index contributed by atoms with van der Waals surface area (Å²) < 4.78 is 24.7. The Morgan fingerprint density at radius 2 is 1.88 bits per heavy atom. The molecule has 1 aliphatic heterocycles. The summed E-state index contributed by atoms with van der Waals surface area (Å²) in [5.41, 5.74) is 1.34. The van der Waals surface area contributed by atoms with Gasteiger partial charge in [0.25, 0.3) is 0 Å². The molecule has 2 heterocycles. The second kappa shape index (κ2) is 7.51. The van der Waals surface area contributed by atoms with Gasteiger partial charge in [-0.05, 0) is 50.2 Å². The summed E-state index contributed by atoms with van der Waals surface area (Å²) >= 11 is 0. The van der Waals surface area contributed by atoms with E-state index in [-0.39, 0.29) is 25.2 Å². The van der Waals surface area contributed by atoms with Crippen molar-refractivity contribution in [1.82, 2.24) is 20.3 Å². The summed E-state index contributed by atoms with van der Waals surface area (Å²) in [5.74, 6) is -0.472. The van der Waals surface area contributed by atoms with Crippen LogP contribution in [0, 0.1) is 0 Å². The van der Waals surface area contributed by atoms with Crippen LogP contribution in [0.3, 0.4) is 0 Å². The van der Waals surface area contributed by atoms with Gasteiger partial charge in [0, 0.05) is 11.9 Å². The summed E-state index contributed by atoms with van der Waals surface area (Å²) in [6.45, 7) is 1.01. The Morgan fingerprint density at radius 1 is 1.24 bits per heavy atom. The first-order valence-corrected chi connectivity index (χ1v) is 9.50. The molecule has 2 N–H and O–H groups in total. The zero-order valence-corrected chi connectivity index (χ0v) is 15.3. The highest BCUT2D eigenvalue weighted by atomic mass is 35.5. The van der Waals surface area contributed by atoms with E-state index in [0.29, 0.717) is 18.8 Å². The van der Waals surface area contributed by atoms with E-state index >= 15 is 0 Å². The van der Waals surface area contributed by atoms with Crippen molar-refractivity contribution in [1.29, 1.82) is 0 Å². The summed E-state index contributed by atoms with van der Waals surface area (Å²) in [7, 11) is -3.52. The third-order valence-electron chi connectivity index (χ3n) is 4.35. The highest BCUT2D eigenvalue weighted by molar-refractivity contribution is 7.92. The number of rotatable bonds is 4. The van der Waals surface area contributed by atoms with Gasteiger partial charge in [-0.25, -0.2) is 13.1 Å². The van der Waals surface area contributed by atoms with Gasteiger partial charge >= 0.3 is 0 Å². The van der Waals surface area contributed by atoms with Gasteiger partial charge < -0.3 is 10.6 Å². The maximum atomic E-state index is 12.7. The minimum Gasteiger partial charge on any atom is -0.325 e. The Hall–Kier alpha value is -1.97. The summed E-state index contributed by atoms with van der Waals surface area (Å²) in [6, 6.07) is 6.98. The number of aromatic nitrogens is 3. The van der Waals surface area contributed by atoms with Gasteiger partial charge in [-0.3, -0.25) is 4.79 Å². The maximum Gasteiger partial charge on any atom is 0.245 e. The number of hydrogen-bond donors (Lipinski definition) is 2. The van der Waals surface area contributed by atoms with Crippen molar-refractivity contribution in [3.63, 3.8) is 0 Å². The van der Waals surface area contributed by atoms with Crippen molar-refractivity contribution in [2.24, 2.45) is 0 Å². The normalized spacial score (nSPS) is 16.7. The molecule has 136 valence electrons. The SMILES string of the molecule is CS(=O)(=O)C1(C(=O)Nc2ccc(-n3ccnn3)cc2)CCNCC1.Cl. The van der Waals surface area contributed by atoms with Crippen LogP contribution in [0.25, 0.3) is 5.69 Å². The smallest absolute Gasteiger partial charge is 0.245 e. The van der Waals surface area contributed by atoms with Gasteiger partial charge in [-0.2, -0.15) is 0 Å². The lowest BCUT2D eigenvalue weighted by atomic mass is 9.95. The lowest BCUT2D eigenvalue weighted by Crippen LogP contribution is -2.55. The quantitative estimate of drug-likeness (QED) is 0.806. The zero-order valence-electron chi connectivity index (χ0n) is 13.7. The number of anilines is 1. The largest absolute Gasteiger partial charge is 0.325 e. The number of hydrogen-bond acceptors (Lipinski definition) is 6. The molecule has 0 saturated carbocycles. The van der Waals surface area contributed by atoms with Gasteiger partial charge in [0.15, 0.2) is 14.6 Å². The molecule has 1 amide bonds. The van der Waals surface area contributed by atoms with E-state index in [1.54, 1.807) is 41.3 Å². The number of amides is 1. The molecule has 1 aromatic heterocycles. The molecule has 0 unspecified atom stereocenters. The van der Waals surface area contributed by atoms with Crippen LogP contribution in [0.15, 0.2) is 36.7 Å². The van der Waals surface area contributed by atoms with Crippen LogP contribution >= 0.6 is 12.4 Å². The fraction of sp³-hybridized carbons (Fsp3) is 0.400. The third-order valence-corrected chi connectivity index (χ3v) is 6.36. The average Bonchev–Trinajstić information content (AvgIpc) is 3.09. The Morgan fingerprint density at radius 3 is 2.40 bits per heavy atom. The van der Waals surface area contributed by atoms with E-state index in [1.165, 1.54) is 0 Å². The number of halogens is 1. The fourth-order valence-electron chi connectivity index (χ4n) is 2.89. The van der Waals surface area contributed by atoms with E-state index in [0.717, 1.165) is 11.9 Å². The molecule has 0 atom stereocenters. The van der Waals surface area contributed by atoms with E-state index in [2.05, 4.69) is 20.9 Å². The molecule has 1 fully saturated rings. The first-order chi connectivity index (χ1) is 11.4. The van der Waals surface area contributed by atoms with E-state index in [1.807, 2.05) is 0 Å². The van der Waals surface area contributed by atoms with Crippen molar-refractivity contribution in [3.8, 4) is 5.69 Å². The Kier molecular flexibility index (Phi) is 5.81. The first-order valence-electron chi connectivity index (χ1n) is 7.61. The molecule has 0 spiro atoms. The minimum atomic E-state index is -3.52. The van der Waals surface area contributed by atoms with Crippen molar-refractivity contribution in [3.05, 3.63) is 36.7 Å². The second-order valence-corrected chi connectivity index (χ2v) is 8.19. The topological polar surface area (TPSA) is 106 Å². The zero-order chi connectivity index (χ0) is 17.2. The third kappa shape index (κ3) is 3.83. The monoisotopic (exact) mass is 385 g/mol. The highest BCUT2D eigenvalue weighted by Crippen LogP contribution is 2.29. The molecular formula is C15H20ClN5O3S. The number of nitrogens with zero attached hydrogens (tertiary/aromatic N) is 3. The van der Waals surface area contributed by atoms with Crippen LogP contribution in [0.1, 0.15) is 12.8 Å². The number of piperidine rings is 1. The molecule has 3 rings (SSSR count). The molecule has 10 heteroatoms. The van der Waals surface area contributed by atoms with Gasteiger partial charge in [0.05, 0.1) is 18.1 Å². The van der Waals surface area contributed by atoms with Crippen molar-refractivity contribution in [2.75, 3.05) is 24.7 Å². The number of sulfone groups is 1. The van der Waals surface area contributed by atoms with Gasteiger partial charge in [0.2, 0.25) is 5.91 Å². The number of benzene rings is 1. The number of nitrogens with one attached hydrogen (secondary N) is 2. The predicted octanol–water partition coefficient (Wildman–Crippen LogP) is 0.794. The summed E-state index contributed by atoms with van der Waals surface area (Å²) in [6.07, 6.45) is 4.96. The van der Waals surface area contributed by atoms with Crippen LogP contribution in [0.4, 0.5) is 5.69 Å². The standard InChI is InChI=1S/C15H19N5O3S.ClH/c1-24(22,23)15(6-8-16-9-7-15)14(21)18-12-2-4-13(5-3-12)20-11-10-17-19-20;/h2-5,10-11,16H,6-9H2,1H3,(H,18,21);1H. The van der Waals surface area contributed by atoms with Crippen molar-refractivity contribution < 1.29 is 13.2 Å². The fourth-order valence-corrected chi connectivity index (χ4v) is 4.22. The molecule has 25 heavy (non-hydrogen) atoms. The molecule has 1 aliphatic rings. The van der Waals surface area contributed by atoms with Crippen LogP contribution in [-0.4, -0.2) is 53.4 Å². The van der Waals surface area contributed by atoms with E-state index in [4.69, 9.17) is 0 Å². The van der Waals surface area contributed by atoms with Crippen LogP contribution in [0.2, 0.25) is 0 Å². The van der Waals surface area contributed by atoms with Gasteiger partial charge in [0.1, 0.15) is 0 Å². The van der Waals surface area contributed by atoms with Gasteiger partial charge in [-0.1, -0.05) is 5.21 Å². The first kappa shape index (κ1) is 19.4. The minimum absolute atomic E-state index is 0. The molecule has 0 bridgehead atoms. The van der Waals surface area contributed by atoms with Crippen LogP contribution < -0.4 is 10.6 Å². The molecule has 0 aliphatic carbocycles. The highest BCUT2D eigenvalue weighted by Gasteiger charge is 2.48. The molecule has 0 radical (unpaired) electrons. The molecule has 1 aromatic carbocycles. The van der Waals surface area contributed by atoms with Crippen molar-refractivity contribution in [2.45, 2.75) is 17.6 Å². The Labute approximate surface area is 152 Å². The maximum absolute atomic E-state index is 12.7. The summed E-state index contributed by atoms with van der Waals surface area (Å²) in [4.78, 5) is 12.7. The average molecular weight is 386 g/mol. The van der Waals surface area contributed by atoms with E-state index < -0.39 is 20.5 Å². The van der Waals surface area contributed by atoms with Gasteiger partial charge in [-0.15, -0.1) is 17.5 Å². The number of carbonyl (C=O) groups is 1. The van der Waals surface area contributed by atoms with E-state index in [9.17, 15) is 13.2 Å². The number of carbonyl (C=O) groups excluding carboxylic acids is 1. The Balaban J connectivity index is 0.00000225. The molecule has 2 aromatic rings. The summed E-state index contributed by atoms with van der Waals surface area (Å²) in [5, 5.41) is 13.5. The Bertz CT molecular complexity index is 815. The lowest BCUT2D eigenvalue weighted by molar-refractivity contribution is -0.119. The van der Waals surface area contributed by atoms with Crippen LogP contribution in [0.5, 0.6) is 0 Å².